The number of aryl methyl sites for hydroxylation is 1. The Bertz CT molecular complexity index is 1010. The van der Waals surface area contributed by atoms with Gasteiger partial charge in [-0.1, -0.05) is 60.7 Å². The van der Waals surface area contributed by atoms with Crippen LogP contribution in [0.25, 0.3) is 11.1 Å². The molecule has 0 spiro atoms. The topological polar surface area (TPSA) is 46.6 Å². The molecule has 1 atom stereocenters. The van der Waals surface area contributed by atoms with Gasteiger partial charge in [0.25, 0.3) is 0 Å². The molecule has 0 aromatic heterocycles. The predicted molar refractivity (Wildman–Crippen MR) is 109 cm³/mol. The molecular weight excluding hydrogens is 350 g/mol. The van der Waals surface area contributed by atoms with Gasteiger partial charge in [-0.15, -0.1) is 0 Å². The van der Waals surface area contributed by atoms with E-state index in [1.807, 2.05) is 79.7 Å². The second-order valence-electron chi connectivity index (χ2n) is 7.03. The third kappa shape index (κ3) is 3.67. The van der Waals surface area contributed by atoms with E-state index < -0.39 is 5.92 Å². The number of carbonyl (C=O) groups excluding carboxylic acids is 2. The SMILES string of the molecule is Cc1cccc(N2C[C@H](C(=O)Oc3ccccc3-c3ccccc3)CC2=O)c1. The van der Waals surface area contributed by atoms with Gasteiger partial charge in [0.05, 0.1) is 5.92 Å². The fraction of sp³-hybridized carbons (Fsp3) is 0.167. The second kappa shape index (κ2) is 7.69. The van der Waals surface area contributed by atoms with Crippen molar-refractivity contribution < 1.29 is 14.3 Å². The van der Waals surface area contributed by atoms with Gasteiger partial charge < -0.3 is 9.64 Å². The Balaban J connectivity index is 1.52. The second-order valence-corrected chi connectivity index (χ2v) is 7.03. The molecule has 0 saturated carbocycles. The van der Waals surface area contributed by atoms with Crippen molar-refractivity contribution >= 4 is 17.6 Å². The van der Waals surface area contributed by atoms with Crippen molar-refractivity contribution in [1.82, 2.24) is 0 Å². The van der Waals surface area contributed by atoms with E-state index in [9.17, 15) is 9.59 Å². The largest absolute Gasteiger partial charge is 0.426 e. The average Bonchev–Trinajstić information content (AvgIpc) is 3.11. The van der Waals surface area contributed by atoms with Crippen molar-refractivity contribution in [3.63, 3.8) is 0 Å². The third-order valence-electron chi connectivity index (χ3n) is 4.95. The summed E-state index contributed by atoms with van der Waals surface area (Å²) in [5, 5.41) is 0. The van der Waals surface area contributed by atoms with E-state index in [1.54, 1.807) is 11.0 Å². The van der Waals surface area contributed by atoms with Gasteiger partial charge in [-0.3, -0.25) is 9.59 Å². The predicted octanol–water partition coefficient (Wildman–Crippen LogP) is 4.62. The molecule has 3 aromatic rings. The summed E-state index contributed by atoms with van der Waals surface area (Å²) >= 11 is 0. The van der Waals surface area contributed by atoms with E-state index >= 15 is 0 Å². The molecule has 1 aliphatic heterocycles. The molecule has 28 heavy (non-hydrogen) atoms. The lowest BCUT2D eigenvalue weighted by molar-refractivity contribution is -0.139. The maximum absolute atomic E-state index is 12.8. The van der Waals surface area contributed by atoms with Crippen LogP contribution < -0.4 is 9.64 Å². The Labute approximate surface area is 164 Å². The van der Waals surface area contributed by atoms with Crippen LogP contribution >= 0.6 is 0 Å². The Morgan fingerprint density at radius 3 is 2.50 bits per heavy atom. The van der Waals surface area contributed by atoms with E-state index in [2.05, 4.69) is 0 Å². The van der Waals surface area contributed by atoms with E-state index in [0.717, 1.165) is 22.4 Å². The van der Waals surface area contributed by atoms with Crippen molar-refractivity contribution in [1.29, 1.82) is 0 Å². The molecule has 1 saturated heterocycles. The molecule has 4 heteroatoms. The quantitative estimate of drug-likeness (QED) is 0.497. The first-order valence-electron chi connectivity index (χ1n) is 9.35. The molecule has 1 aliphatic rings. The van der Waals surface area contributed by atoms with Crippen LogP contribution in [0.1, 0.15) is 12.0 Å². The number of benzene rings is 3. The number of hydrogen-bond acceptors (Lipinski definition) is 3. The first-order valence-corrected chi connectivity index (χ1v) is 9.35. The number of ether oxygens (including phenoxy) is 1. The summed E-state index contributed by atoms with van der Waals surface area (Å²) in [6, 6.07) is 25.0. The summed E-state index contributed by atoms with van der Waals surface area (Å²) in [5.41, 5.74) is 3.74. The Morgan fingerprint density at radius 2 is 1.71 bits per heavy atom. The zero-order valence-electron chi connectivity index (χ0n) is 15.7. The smallest absolute Gasteiger partial charge is 0.316 e. The van der Waals surface area contributed by atoms with Gasteiger partial charge in [-0.05, 0) is 36.2 Å². The van der Waals surface area contributed by atoms with E-state index in [0.29, 0.717) is 12.3 Å². The van der Waals surface area contributed by atoms with Gasteiger partial charge in [-0.2, -0.15) is 0 Å². The lowest BCUT2D eigenvalue weighted by Crippen LogP contribution is -2.27. The van der Waals surface area contributed by atoms with Crippen molar-refractivity contribution in [3.05, 3.63) is 84.4 Å². The highest BCUT2D eigenvalue weighted by Crippen LogP contribution is 2.32. The Morgan fingerprint density at radius 1 is 0.964 bits per heavy atom. The van der Waals surface area contributed by atoms with Crippen LogP contribution in [0.4, 0.5) is 5.69 Å². The van der Waals surface area contributed by atoms with Gasteiger partial charge >= 0.3 is 5.97 Å². The van der Waals surface area contributed by atoms with Gasteiger partial charge in [0.15, 0.2) is 0 Å². The standard InChI is InChI=1S/C24H21NO3/c1-17-8-7-11-20(14-17)25-16-19(15-23(25)26)24(27)28-22-13-6-5-12-21(22)18-9-3-2-4-10-18/h2-14,19H,15-16H2,1H3/t19-/m1/s1. The normalized spacial score (nSPS) is 16.2. The zero-order chi connectivity index (χ0) is 19.5. The summed E-state index contributed by atoms with van der Waals surface area (Å²) in [5.74, 6) is -0.382. The molecule has 1 amide bonds. The third-order valence-corrected chi connectivity index (χ3v) is 4.95. The van der Waals surface area contributed by atoms with Gasteiger partial charge in [0.2, 0.25) is 5.91 Å². The molecule has 4 nitrogen and oxygen atoms in total. The summed E-state index contributed by atoms with van der Waals surface area (Å²) in [7, 11) is 0. The maximum atomic E-state index is 12.8. The van der Waals surface area contributed by atoms with Crippen molar-refractivity contribution in [3.8, 4) is 16.9 Å². The fourth-order valence-corrected chi connectivity index (χ4v) is 3.51. The van der Waals surface area contributed by atoms with Gasteiger partial charge in [-0.25, -0.2) is 0 Å². The minimum atomic E-state index is -0.475. The molecule has 3 aromatic carbocycles. The fourth-order valence-electron chi connectivity index (χ4n) is 3.51. The number of rotatable bonds is 4. The lowest BCUT2D eigenvalue weighted by Gasteiger charge is -2.17. The first kappa shape index (κ1) is 18.0. The van der Waals surface area contributed by atoms with E-state index in [-0.39, 0.29) is 18.3 Å². The molecular formula is C24H21NO3. The maximum Gasteiger partial charge on any atom is 0.316 e. The Kier molecular flexibility index (Phi) is 4.94. The molecule has 140 valence electrons. The lowest BCUT2D eigenvalue weighted by atomic mass is 10.0. The minimum Gasteiger partial charge on any atom is -0.426 e. The highest BCUT2D eigenvalue weighted by Gasteiger charge is 2.36. The van der Waals surface area contributed by atoms with Crippen LogP contribution in [0.2, 0.25) is 0 Å². The van der Waals surface area contributed by atoms with Crippen molar-refractivity contribution in [2.75, 3.05) is 11.4 Å². The van der Waals surface area contributed by atoms with Crippen LogP contribution in [-0.4, -0.2) is 18.4 Å². The molecule has 0 N–H and O–H groups in total. The summed E-state index contributed by atoms with van der Waals surface area (Å²) in [6.07, 6.45) is 0.167. The summed E-state index contributed by atoms with van der Waals surface area (Å²) in [6.45, 7) is 2.32. The average molecular weight is 371 g/mol. The van der Waals surface area contributed by atoms with Crippen LogP contribution in [0.15, 0.2) is 78.9 Å². The van der Waals surface area contributed by atoms with Crippen LogP contribution in [0.3, 0.4) is 0 Å². The Hall–Kier alpha value is -3.40. The first-order chi connectivity index (χ1) is 13.6. The van der Waals surface area contributed by atoms with Crippen LogP contribution in [0.5, 0.6) is 5.75 Å². The molecule has 0 unspecified atom stereocenters. The number of nitrogens with zero attached hydrogens (tertiary/aromatic N) is 1. The molecule has 1 fully saturated rings. The number of carbonyl (C=O) groups is 2. The summed E-state index contributed by atoms with van der Waals surface area (Å²) in [4.78, 5) is 26.9. The van der Waals surface area contributed by atoms with Gasteiger partial charge in [0.1, 0.15) is 5.75 Å². The number of para-hydroxylation sites is 1. The number of amides is 1. The highest BCUT2D eigenvalue weighted by atomic mass is 16.5. The molecule has 0 radical (unpaired) electrons. The van der Waals surface area contributed by atoms with Crippen LogP contribution in [0, 0.1) is 12.8 Å². The number of esters is 1. The molecule has 1 heterocycles. The molecule has 0 bridgehead atoms. The number of hydrogen-bond donors (Lipinski definition) is 0. The van der Waals surface area contributed by atoms with Gasteiger partial charge in [0, 0.05) is 24.2 Å². The van der Waals surface area contributed by atoms with Crippen LogP contribution in [-0.2, 0) is 9.59 Å². The molecule has 0 aliphatic carbocycles. The van der Waals surface area contributed by atoms with Crippen molar-refractivity contribution in [2.24, 2.45) is 5.92 Å². The monoisotopic (exact) mass is 371 g/mol. The highest BCUT2D eigenvalue weighted by molar-refractivity contribution is 5.99. The zero-order valence-corrected chi connectivity index (χ0v) is 15.7. The number of anilines is 1. The summed E-state index contributed by atoms with van der Waals surface area (Å²) < 4.78 is 5.72. The minimum absolute atomic E-state index is 0.0519. The van der Waals surface area contributed by atoms with E-state index in [4.69, 9.17) is 4.74 Å². The molecule has 4 rings (SSSR count). The van der Waals surface area contributed by atoms with Crippen molar-refractivity contribution in [2.45, 2.75) is 13.3 Å². The van der Waals surface area contributed by atoms with E-state index in [1.165, 1.54) is 0 Å².